The Labute approximate surface area is 209 Å². The van der Waals surface area contributed by atoms with Gasteiger partial charge in [-0.15, -0.1) is 0 Å². The van der Waals surface area contributed by atoms with Crippen LogP contribution < -0.4 is 16.0 Å². The molecule has 13 heteroatoms. The summed E-state index contributed by atoms with van der Waals surface area (Å²) < 4.78 is 0. The number of nitrogens with one attached hydrogen (secondary N) is 4. The number of aromatic amines is 1. The van der Waals surface area contributed by atoms with Gasteiger partial charge in [-0.25, -0.2) is 14.8 Å². The molecule has 180 valence electrons. The highest BCUT2D eigenvalue weighted by molar-refractivity contribution is 7.99. The van der Waals surface area contributed by atoms with Crippen LogP contribution in [0.25, 0.3) is 0 Å². The van der Waals surface area contributed by atoms with E-state index in [-0.39, 0.29) is 5.69 Å². The molecular weight excluding hydrogens is 482 g/mol. The number of carbonyl (C=O) groups is 1. The van der Waals surface area contributed by atoms with Gasteiger partial charge >= 0.3 is 6.03 Å². The van der Waals surface area contributed by atoms with Crippen molar-refractivity contribution < 1.29 is 9.72 Å². The molecule has 0 bridgehead atoms. The second-order valence-corrected chi connectivity index (χ2v) is 8.56. The molecule has 0 saturated carbocycles. The Balaban J connectivity index is 1.42. The molecule has 4 N–H and O–H groups in total. The molecule has 0 unspecified atom stereocenters. The number of urea groups is 1. The monoisotopic (exact) mass is 501 g/mol. The number of nitriles is 1. The van der Waals surface area contributed by atoms with Crippen molar-refractivity contribution in [3.05, 3.63) is 81.7 Å². The number of nitro benzene ring substituents is 1. The van der Waals surface area contributed by atoms with Crippen LogP contribution in [-0.2, 0) is 0 Å². The Kier molecular flexibility index (Phi) is 7.07. The summed E-state index contributed by atoms with van der Waals surface area (Å²) in [4.78, 5) is 32.6. The molecule has 0 aliphatic rings. The van der Waals surface area contributed by atoms with E-state index in [1.165, 1.54) is 30.0 Å². The molecule has 0 aliphatic carbocycles. The van der Waals surface area contributed by atoms with Crippen molar-refractivity contribution in [3.8, 4) is 6.07 Å². The third kappa shape index (κ3) is 6.13. The van der Waals surface area contributed by atoms with Crippen molar-refractivity contribution >= 4 is 46.5 Å². The lowest BCUT2D eigenvalue weighted by Crippen LogP contribution is -2.19. The number of aromatic nitrogens is 4. The zero-order valence-corrected chi connectivity index (χ0v) is 19.9. The number of anilines is 4. The van der Waals surface area contributed by atoms with Crippen LogP contribution in [0.4, 0.5) is 33.5 Å². The van der Waals surface area contributed by atoms with Gasteiger partial charge in [-0.05, 0) is 55.4 Å². The first-order valence-electron chi connectivity index (χ1n) is 10.5. The molecule has 0 atom stereocenters. The van der Waals surface area contributed by atoms with Gasteiger partial charge in [0.1, 0.15) is 17.6 Å². The van der Waals surface area contributed by atoms with Crippen LogP contribution in [0.1, 0.15) is 17.0 Å². The van der Waals surface area contributed by atoms with Crippen molar-refractivity contribution in [3.63, 3.8) is 0 Å². The summed E-state index contributed by atoms with van der Waals surface area (Å²) in [7, 11) is 0. The predicted molar refractivity (Wildman–Crippen MR) is 134 cm³/mol. The van der Waals surface area contributed by atoms with E-state index >= 15 is 0 Å². The summed E-state index contributed by atoms with van der Waals surface area (Å²) in [6.07, 6.45) is 0. The number of amides is 2. The van der Waals surface area contributed by atoms with Gasteiger partial charge in [0.05, 0.1) is 4.92 Å². The van der Waals surface area contributed by atoms with Crippen molar-refractivity contribution in [1.29, 1.82) is 5.26 Å². The van der Waals surface area contributed by atoms with Gasteiger partial charge in [0, 0.05) is 46.2 Å². The molecule has 2 heterocycles. The van der Waals surface area contributed by atoms with Crippen LogP contribution in [0, 0.1) is 35.3 Å². The molecule has 0 aliphatic heterocycles. The minimum atomic E-state index is -0.526. The lowest BCUT2D eigenvalue weighted by atomic mass is 10.2. The number of benzene rings is 2. The van der Waals surface area contributed by atoms with Crippen LogP contribution in [0.5, 0.6) is 0 Å². The number of nitrogens with zero attached hydrogens (tertiary/aromatic N) is 5. The number of non-ortho nitro benzene ring substituents is 1. The van der Waals surface area contributed by atoms with Gasteiger partial charge in [-0.1, -0.05) is 6.07 Å². The molecule has 2 aromatic carbocycles. The summed E-state index contributed by atoms with van der Waals surface area (Å²) in [5, 5.41) is 35.3. The van der Waals surface area contributed by atoms with Crippen LogP contribution in [0.15, 0.2) is 64.6 Å². The summed E-state index contributed by atoms with van der Waals surface area (Å²) >= 11 is 1.36. The SMILES string of the molecule is Cc1cc(Nc2cc(C#N)[nH]n2)nc(Sc2ccc(NC(=O)Nc3cccc([N+](=O)[O-])c3)cc2C)n1. The largest absolute Gasteiger partial charge is 0.323 e. The minimum absolute atomic E-state index is 0.113. The Morgan fingerprint density at radius 1 is 1.06 bits per heavy atom. The smallest absolute Gasteiger partial charge is 0.323 e. The van der Waals surface area contributed by atoms with Gasteiger partial charge < -0.3 is 16.0 Å². The highest BCUT2D eigenvalue weighted by Crippen LogP contribution is 2.31. The summed E-state index contributed by atoms with van der Waals surface area (Å²) in [6, 6.07) is 15.9. The summed E-state index contributed by atoms with van der Waals surface area (Å²) in [5.74, 6) is 1.00. The maximum atomic E-state index is 12.3. The molecule has 2 aromatic heterocycles. The first-order chi connectivity index (χ1) is 17.3. The molecule has 4 rings (SSSR count). The van der Waals surface area contributed by atoms with Crippen molar-refractivity contribution in [2.75, 3.05) is 16.0 Å². The number of hydrogen-bond donors (Lipinski definition) is 4. The van der Waals surface area contributed by atoms with Crippen molar-refractivity contribution in [1.82, 2.24) is 20.2 Å². The number of rotatable bonds is 7. The number of carbonyl (C=O) groups excluding carboxylic acids is 1. The molecule has 0 saturated heterocycles. The fraction of sp³-hybridized carbons (Fsp3) is 0.0870. The van der Waals surface area contributed by atoms with Crippen LogP contribution in [-0.4, -0.2) is 31.1 Å². The third-order valence-corrected chi connectivity index (χ3v) is 5.78. The number of hydrogen-bond acceptors (Lipinski definition) is 9. The van der Waals surface area contributed by atoms with E-state index in [1.54, 1.807) is 30.3 Å². The number of nitro groups is 1. The highest BCUT2D eigenvalue weighted by atomic mass is 32.2. The zero-order chi connectivity index (χ0) is 25.7. The topological polar surface area (TPSA) is 175 Å². The standard InChI is InChI=1S/C23H19N9O3S/c1-13-8-16(27-22(33)26-15-4-3-5-18(10-15)32(34)35)6-7-19(13)36-23-25-14(2)9-20(29-23)28-21-11-17(12-24)30-31-21/h3-11H,1-2H3,(H2,26,27,33)(H2,25,28,29,30,31). The molecule has 0 radical (unpaired) electrons. The lowest BCUT2D eigenvalue weighted by molar-refractivity contribution is -0.384. The maximum Gasteiger partial charge on any atom is 0.323 e. The second kappa shape index (κ2) is 10.5. The quantitative estimate of drug-likeness (QED) is 0.152. The third-order valence-electron chi connectivity index (χ3n) is 4.74. The number of H-pyrrole nitrogens is 1. The highest BCUT2D eigenvalue weighted by Gasteiger charge is 2.11. The van der Waals surface area contributed by atoms with E-state index in [2.05, 4.69) is 36.1 Å². The van der Waals surface area contributed by atoms with E-state index < -0.39 is 11.0 Å². The average molecular weight is 502 g/mol. The Hall–Kier alpha value is -4.96. The van der Waals surface area contributed by atoms with Gasteiger partial charge in [-0.3, -0.25) is 15.2 Å². The summed E-state index contributed by atoms with van der Waals surface area (Å²) in [6.45, 7) is 3.75. The normalized spacial score (nSPS) is 10.4. The van der Waals surface area contributed by atoms with Crippen LogP contribution in [0.2, 0.25) is 0 Å². The van der Waals surface area contributed by atoms with Crippen LogP contribution >= 0.6 is 11.8 Å². The first-order valence-corrected chi connectivity index (χ1v) is 11.3. The minimum Gasteiger partial charge on any atom is -0.323 e. The van der Waals surface area contributed by atoms with Gasteiger partial charge in [0.2, 0.25) is 0 Å². The predicted octanol–water partition coefficient (Wildman–Crippen LogP) is 5.14. The average Bonchev–Trinajstić information content (AvgIpc) is 3.28. The Morgan fingerprint density at radius 2 is 1.83 bits per heavy atom. The zero-order valence-electron chi connectivity index (χ0n) is 19.1. The van der Waals surface area contributed by atoms with E-state index in [9.17, 15) is 14.9 Å². The lowest BCUT2D eigenvalue weighted by Gasteiger charge is -2.11. The fourth-order valence-electron chi connectivity index (χ4n) is 3.16. The molecular formula is C23H19N9O3S. The molecule has 4 aromatic rings. The van der Waals surface area contributed by atoms with E-state index in [4.69, 9.17) is 5.26 Å². The molecule has 0 spiro atoms. The number of aryl methyl sites for hydroxylation is 2. The van der Waals surface area contributed by atoms with E-state index in [1.807, 2.05) is 26.0 Å². The van der Waals surface area contributed by atoms with E-state index in [0.717, 1.165) is 16.2 Å². The van der Waals surface area contributed by atoms with E-state index in [0.29, 0.717) is 33.9 Å². The molecule has 36 heavy (non-hydrogen) atoms. The molecule has 12 nitrogen and oxygen atoms in total. The van der Waals surface area contributed by atoms with Gasteiger partial charge in [0.15, 0.2) is 11.0 Å². The van der Waals surface area contributed by atoms with Gasteiger partial charge in [0.25, 0.3) is 5.69 Å². The molecule has 2 amide bonds. The van der Waals surface area contributed by atoms with Crippen molar-refractivity contribution in [2.45, 2.75) is 23.9 Å². The maximum absolute atomic E-state index is 12.3. The summed E-state index contributed by atoms with van der Waals surface area (Å²) in [5.41, 5.74) is 2.72. The fourth-order valence-corrected chi connectivity index (χ4v) is 4.04. The Bertz CT molecular complexity index is 1500. The second-order valence-electron chi connectivity index (χ2n) is 7.55. The Morgan fingerprint density at radius 3 is 2.53 bits per heavy atom. The van der Waals surface area contributed by atoms with Crippen LogP contribution in [0.3, 0.4) is 0 Å². The molecule has 0 fully saturated rings. The van der Waals surface area contributed by atoms with Crippen molar-refractivity contribution in [2.24, 2.45) is 0 Å². The van der Waals surface area contributed by atoms with Gasteiger partial charge in [-0.2, -0.15) is 10.4 Å². The first kappa shape index (κ1) is 24.2.